The van der Waals surface area contributed by atoms with Crippen LogP contribution in [0.4, 0.5) is 11.4 Å². The van der Waals surface area contributed by atoms with Crippen LogP contribution in [0.5, 0.6) is 0 Å². The molecule has 0 saturated carbocycles. The molecule has 2 aromatic heterocycles. The highest BCUT2D eigenvalue weighted by molar-refractivity contribution is 6.06. The van der Waals surface area contributed by atoms with E-state index >= 15 is 0 Å². The number of hydrogen-bond acceptors (Lipinski definition) is 3. The van der Waals surface area contributed by atoms with E-state index in [-0.39, 0.29) is 0 Å². The molecule has 0 radical (unpaired) electrons. The Bertz CT molecular complexity index is 1980. The van der Waals surface area contributed by atoms with Crippen LogP contribution in [0.25, 0.3) is 66.1 Å². The summed E-state index contributed by atoms with van der Waals surface area (Å²) in [6, 6.07) is 46.2. The highest BCUT2D eigenvalue weighted by Crippen LogP contribution is 2.34. The first-order valence-corrected chi connectivity index (χ1v) is 13.1. The van der Waals surface area contributed by atoms with Gasteiger partial charge in [-0.3, -0.25) is 0 Å². The Balaban J connectivity index is 1.02. The summed E-state index contributed by atoms with van der Waals surface area (Å²) < 4.78 is 12.2. The van der Waals surface area contributed by atoms with E-state index in [0.717, 1.165) is 77.5 Å². The van der Waals surface area contributed by atoms with E-state index in [0.29, 0.717) is 0 Å². The van der Waals surface area contributed by atoms with Gasteiger partial charge in [-0.05, 0) is 82.9 Å². The van der Waals surface area contributed by atoms with Gasteiger partial charge in [0, 0.05) is 32.9 Å². The van der Waals surface area contributed by atoms with E-state index in [4.69, 9.17) is 8.83 Å². The zero-order chi connectivity index (χ0) is 25.8. The molecule has 0 fully saturated rings. The van der Waals surface area contributed by atoms with E-state index in [1.807, 2.05) is 36.4 Å². The van der Waals surface area contributed by atoms with Crippen molar-refractivity contribution in [1.82, 2.24) is 0 Å². The minimum atomic E-state index is 0.912. The highest BCUT2D eigenvalue weighted by atomic mass is 16.3. The van der Waals surface area contributed by atoms with Gasteiger partial charge in [0.05, 0.1) is 0 Å². The number of furan rings is 2. The van der Waals surface area contributed by atoms with Crippen LogP contribution in [-0.4, -0.2) is 0 Å². The molecule has 0 atom stereocenters. The quantitative estimate of drug-likeness (QED) is 0.261. The van der Waals surface area contributed by atoms with Gasteiger partial charge in [0.2, 0.25) is 0 Å². The van der Waals surface area contributed by atoms with E-state index in [2.05, 4.69) is 102 Å². The third-order valence-corrected chi connectivity index (χ3v) is 7.48. The molecule has 0 amide bonds. The average Bonchev–Trinajstić information content (AvgIpc) is 3.55. The van der Waals surface area contributed by atoms with E-state index in [1.165, 1.54) is 0 Å². The topological polar surface area (TPSA) is 38.3 Å². The number of hydrogen-bond donors (Lipinski definition) is 1. The smallest absolute Gasteiger partial charge is 0.136 e. The van der Waals surface area contributed by atoms with Crippen LogP contribution in [0, 0.1) is 0 Å². The second-order valence-corrected chi connectivity index (χ2v) is 9.90. The SMILES string of the molecule is c1ccc2c(c1)oc1cc(-c3ccc(Nc4ccc(-c5ccc6c(c5)oc5ccccc56)cc4)cc3)ccc12. The number of fused-ring (bicyclic) bond motifs is 6. The maximum absolute atomic E-state index is 6.08. The molecule has 39 heavy (non-hydrogen) atoms. The van der Waals surface area contributed by atoms with Gasteiger partial charge in [0.15, 0.2) is 0 Å². The van der Waals surface area contributed by atoms with E-state index < -0.39 is 0 Å². The Hall–Kier alpha value is -5.28. The number of para-hydroxylation sites is 2. The Labute approximate surface area is 224 Å². The molecular weight excluding hydrogens is 478 g/mol. The zero-order valence-corrected chi connectivity index (χ0v) is 21.0. The summed E-state index contributed by atoms with van der Waals surface area (Å²) in [6.07, 6.45) is 0. The first-order valence-electron chi connectivity index (χ1n) is 13.1. The Morgan fingerprint density at radius 1 is 0.333 bits per heavy atom. The van der Waals surface area contributed by atoms with Crippen molar-refractivity contribution in [2.45, 2.75) is 0 Å². The monoisotopic (exact) mass is 501 g/mol. The number of benzene rings is 6. The zero-order valence-electron chi connectivity index (χ0n) is 21.0. The molecule has 0 saturated heterocycles. The van der Waals surface area contributed by atoms with Crippen LogP contribution in [-0.2, 0) is 0 Å². The molecule has 0 bridgehead atoms. The van der Waals surface area contributed by atoms with Gasteiger partial charge in [-0.1, -0.05) is 72.8 Å². The lowest BCUT2D eigenvalue weighted by Gasteiger charge is -2.09. The fourth-order valence-electron chi connectivity index (χ4n) is 5.47. The highest BCUT2D eigenvalue weighted by Gasteiger charge is 2.09. The van der Waals surface area contributed by atoms with Gasteiger partial charge in [-0.2, -0.15) is 0 Å². The molecular formula is C36H23NO2. The molecule has 8 aromatic rings. The van der Waals surface area contributed by atoms with Gasteiger partial charge in [0.1, 0.15) is 22.3 Å². The summed E-state index contributed by atoms with van der Waals surface area (Å²) in [5, 5.41) is 8.12. The van der Waals surface area contributed by atoms with Crippen molar-refractivity contribution < 1.29 is 8.83 Å². The fraction of sp³-hybridized carbons (Fsp3) is 0. The van der Waals surface area contributed by atoms with Gasteiger partial charge in [0.25, 0.3) is 0 Å². The summed E-state index contributed by atoms with van der Waals surface area (Å²) in [5.74, 6) is 0. The second kappa shape index (κ2) is 8.64. The van der Waals surface area contributed by atoms with Crippen molar-refractivity contribution in [1.29, 1.82) is 0 Å². The number of anilines is 2. The Morgan fingerprint density at radius 2 is 0.718 bits per heavy atom. The molecule has 0 aliphatic carbocycles. The molecule has 6 aromatic carbocycles. The maximum atomic E-state index is 6.08. The molecule has 0 aliphatic rings. The fourth-order valence-corrected chi connectivity index (χ4v) is 5.47. The van der Waals surface area contributed by atoms with Crippen LogP contribution in [0.15, 0.2) is 142 Å². The second-order valence-electron chi connectivity index (χ2n) is 9.90. The summed E-state index contributed by atoms with van der Waals surface area (Å²) in [6.45, 7) is 0. The molecule has 0 spiro atoms. The minimum absolute atomic E-state index is 0.912. The van der Waals surface area contributed by atoms with Gasteiger partial charge in [-0.15, -0.1) is 0 Å². The van der Waals surface area contributed by atoms with Crippen LogP contribution in [0.1, 0.15) is 0 Å². The minimum Gasteiger partial charge on any atom is -0.456 e. The van der Waals surface area contributed by atoms with Crippen LogP contribution in [0.2, 0.25) is 0 Å². The number of rotatable bonds is 4. The lowest BCUT2D eigenvalue weighted by Crippen LogP contribution is -1.90. The Kier molecular flexibility index (Phi) is 4.82. The lowest BCUT2D eigenvalue weighted by atomic mass is 10.0. The molecule has 0 unspecified atom stereocenters. The Morgan fingerprint density at radius 3 is 1.18 bits per heavy atom. The summed E-state index contributed by atoms with van der Waals surface area (Å²) in [4.78, 5) is 0. The van der Waals surface area contributed by atoms with Crippen molar-refractivity contribution in [2.75, 3.05) is 5.32 Å². The van der Waals surface area contributed by atoms with Gasteiger partial charge >= 0.3 is 0 Å². The van der Waals surface area contributed by atoms with Crippen LogP contribution >= 0.6 is 0 Å². The van der Waals surface area contributed by atoms with E-state index in [1.54, 1.807) is 0 Å². The lowest BCUT2D eigenvalue weighted by molar-refractivity contribution is 0.668. The average molecular weight is 502 g/mol. The van der Waals surface area contributed by atoms with Gasteiger partial charge in [-0.25, -0.2) is 0 Å². The molecule has 1 N–H and O–H groups in total. The molecule has 3 heteroatoms. The van der Waals surface area contributed by atoms with Crippen LogP contribution in [0.3, 0.4) is 0 Å². The molecule has 3 nitrogen and oxygen atoms in total. The maximum Gasteiger partial charge on any atom is 0.136 e. The third kappa shape index (κ3) is 3.75. The summed E-state index contributed by atoms with van der Waals surface area (Å²) >= 11 is 0. The third-order valence-electron chi connectivity index (χ3n) is 7.48. The predicted octanol–water partition coefficient (Wildman–Crippen LogP) is 10.6. The van der Waals surface area contributed by atoms with Crippen molar-refractivity contribution >= 4 is 55.3 Å². The van der Waals surface area contributed by atoms with Gasteiger partial charge < -0.3 is 14.2 Å². The van der Waals surface area contributed by atoms with Crippen molar-refractivity contribution in [3.05, 3.63) is 133 Å². The first kappa shape index (κ1) is 21.8. The normalized spacial score (nSPS) is 11.6. The van der Waals surface area contributed by atoms with Crippen molar-refractivity contribution in [3.63, 3.8) is 0 Å². The largest absolute Gasteiger partial charge is 0.456 e. The predicted molar refractivity (Wildman–Crippen MR) is 162 cm³/mol. The number of nitrogens with one attached hydrogen (secondary N) is 1. The molecule has 8 rings (SSSR count). The molecule has 2 heterocycles. The van der Waals surface area contributed by atoms with Crippen molar-refractivity contribution in [2.24, 2.45) is 0 Å². The van der Waals surface area contributed by atoms with Crippen molar-refractivity contribution in [3.8, 4) is 22.3 Å². The van der Waals surface area contributed by atoms with Crippen LogP contribution < -0.4 is 5.32 Å². The summed E-state index contributed by atoms with van der Waals surface area (Å²) in [5.41, 5.74) is 10.3. The standard InChI is InChI=1S/C36H23NO2/c1-3-7-33-29(5-1)31-19-13-25(21-35(31)38-33)23-9-15-27(16-10-23)37-28-17-11-24(12-18-28)26-14-20-32-30-6-2-4-8-34(30)39-36(32)22-26/h1-22,37H. The first-order chi connectivity index (χ1) is 19.3. The van der Waals surface area contributed by atoms with E-state index in [9.17, 15) is 0 Å². The molecule has 0 aliphatic heterocycles. The molecule has 184 valence electrons. The summed E-state index contributed by atoms with van der Waals surface area (Å²) in [7, 11) is 0.